The summed E-state index contributed by atoms with van der Waals surface area (Å²) in [6.45, 7) is 4.44. The highest BCUT2D eigenvalue weighted by Crippen LogP contribution is 2.85. The molecule has 1 saturated heterocycles. The molecule has 0 unspecified atom stereocenters. The van der Waals surface area contributed by atoms with Crippen molar-refractivity contribution in [2.45, 2.75) is 62.7 Å². The Labute approximate surface area is 426 Å². The van der Waals surface area contributed by atoms with E-state index in [0.29, 0.717) is 0 Å². The average Bonchev–Trinajstić information content (AvgIpc) is 1.49. The number of hydrogen-bond donors (Lipinski definition) is 0. The molecule has 29 aromatic rings. The molecule has 0 saturated carbocycles. The summed E-state index contributed by atoms with van der Waals surface area (Å²) in [5.41, 5.74) is 9.75. The number of hydrogen-bond acceptors (Lipinski definition) is 1. The van der Waals surface area contributed by atoms with Gasteiger partial charge in [-0.15, -0.1) is 0 Å². The zero-order valence-corrected chi connectivity index (χ0v) is 41.1. The second-order valence-corrected chi connectivity index (χ2v) is 28.6. The second-order valence-electron chi connectivity index (χ2n) is 28.6. The lowest BCUT2D eigenvalue weighted by Gasteiger charge is -2.49. The van der Waals surface area contributed by atoms with Crippen LogP contribution >= 0.6 is 0 Å². The number of anilines is 1. The fraction of sp³-hybridized carbons (Fsp3) is 0.158. The van der Waals surface area contributed by atoms with Gasteiger partial charge in [-0.05, 0) is 344 Å². The minimum Gasteiger partial charge on any atom is -0.369 e. The topological polar surface area (TPSA) is 3.24 Å². The van der Waals surface area contributed by atoms with Gasteiger partial charge in [0.15, 0.2) is 0 Å². The lowest BCUT2D eigenvalue weighted by atomic mass is 9.50. The van der Waals surface area contributed by atoms with E-state index in [1.54, 1.807) is 313 Å². The number of aryl methyl sites for hydroxylation is 1. The van der Waals surface area contributed by atoms with Crippen molar-refractivity contribution in [3.05, 3.63) is 52.1 Å². The van der Waals surface area contributed by atoms with Gasteiger partial charge in [0.1, 0.15) is 0 Å². The van der Waals surface area contributed by atoms with Crippen molar-refractivity contribution in [2.75, 3.05) is 18.0 Å². The van der Waals surface area contributed by atoms with Gasteiger partial charge in [-0.1, -0.05) is 51.2 Å². The summed E-state index contributed by atoms with van der Waals surface area (Å²) in [5, 5.41) is 91.2. The van der Waals surface area contributed by atoms with E-state index in [2.05, 4.69) is 36.1 Å². The number of rotatable bonds is 8. The molecule has 0 N–H and O–H groups in total. The van der Waals surface area contributed by atoms with E-state index in [4.69, 9.17) is 0 Å². The molecule has 2 spiro atoms. The fourth-order valence-electron chi connectivity index (χ4n) is 26.9. The van der Waals surface area contributed by atoms with Crippen molar-refractivity contribution in [2.24, 2.45) is 0 Å². The van der Waals surface area contributed by atoms with Crippen LogP contribution < -0.4 is 4.90 Å². The van der Waals surface area contributed by atoms with Crippen LogP contribution in [0.5, 0.6) is 0 Å². The molecule has 5 aliphatic rings. The maximum absolute atomic E-state index is 3.01. The van der Waals surface area contributed by atoms with Gasteiger partial charge >= 0.3 is 0 Å². The Morgan fingerprint density at radius 1 is 0.247 bits per heavy atom. The smallest absolute Gasteiger partial charge is 0.0558 e. The number of unbranched alkanes of at least 4 members (excludes halogenated alkanes) is 5. The Morgan fingerprint density at radius 3 is 0.662 bits per heavy atom. The number of nitrogens with zero attached hydrogens (tertiary/aromatic N) is 1. The Bertz CT molecular complexity index is 6940. The monoisotopic (exact) mass is 951 g/mol. The van der Waals surface area contributed by atoms with Crippen molar-refractivity contribution in [3.63, 3.8) is 0 Å². The molecule has 4 aliphatic carbocycles. The highest BCUT2D eigenvalue weighted by molar-refractivity contribution is 6.82. The van der Waals surface area contributed by atoms with Crippen molar-refractivity contribution >= 4 is 297 Å². The average molecular weight is 952 g/mol. The number of benzene rings is 19. The van der Waals surface area contributed by atoms with Crippen LogP contribution in [0.4, 0.5) is 5.69 Å². The molecule has 0 radical (unpaired) electrons. The SMILES string of the molecule is CCCCCCCCc1ccc(N2CC34c5c6c7c8c9c%10c(c%11c%12c3c3c5c5c%13c6c6c7c7c9c9c%14c%10c%10c%11c%11c%12c%12c3c3c5c5c%13c%13c6c6c7c9c7c9c%14c%10c%10c%11c%11c%12c3c3c5c5c%13c6c7c6c9c%10c%11c3c56)C84C2)cc1. The van der Waals surface area contributed by atoms with Crippen LogP contribution in [0.1, 0.15) is 73.3 Å². The largest absolute Gasteiger partial charge is 0.369 e. The quantitative estimate of drug-likeness (QED) is 0.108. The van der Waals surface area contributed by atoms with E-state index in [-0.39, 0.29) is 10.8 Å². The molecule has 1 aliphatic heterocycles. The van der Waals surface area contributed by atoms with Crippen LogP contribution in [0.3, 0.4) is 0 Å². The Balaban J connectivity index is 0.951. The molecule has 0 amide bonds. The minimum atomic E-state index is -0.213. The van der Waals surface area contributed by atoms with Gasteiger partial charge in [-0.3, -0.25) is 0 Å². The van der Waals surface area contributed by atoms with Crippen LogP contribution in [-0.2, 0) is 17.3 Å². The van der Waals surface area contributed by atoms with Crippen molar-refractivity contribution in [1.82, 2.24) is 0 Å². The lowest BCUT2D eigenvalue weighted by Crippen LogP contribution is -2.51. The maximum atomic E-state index is 3.01. The third-order valence-corrected chi connectivity index (χ3v) is 27.7. The Hall–Kier alpha value is -8.52. The van der Waals surface area contributed by atoms with E-state index >= 15 is 0 Å². The van der Waals surface area contributed by atoms with Crippen molar-refractivity contribution in [3.8, 4) is 0 Å². The lowest BCUT2D eigenvalue weighted by molar-refractivity contribution is 0.415. The van der Waals surface area contributed by atoms with E-state index in [1.807, 2.05) is 0 Å². The molecular formula is C76H25N. The van der Waals surface area contributed by atoms with E-state index in [0.717, 1.165) is 13.1 Å². The molecule has 29 aromatic carbocycles. The van der Waals surface area contributed by atoms with Gasteiger partial charge in [0.2, 0.25) is 0 Å². The molecule has 77 heavy (non-hydrogen) atoms. The maximum Gasteiger partial charge on any atom is 0.0558 e. The zero-order chi connectivity index (χ0) is 46.4. The van der Waals surface area contributed by atoms with E-state index in [1.165, 1.54) is 56.2 Å². The Morgan fingerprint density at radius 2 is 0.442 bits per heavy atom. The minimum absolute atomic E-state index is 0.213. The van der Waals surface area contributed by atoms with Gasteiger partial charge in [0.05, 0.1) is 10.8 Å². The third-order valence-electron chi connectivity index (χ3n) is 27.7. The first kappa shape index (κ1) is 30.9. The standard InChI is InChI=1S/C76H25N/c1-2-3-4-5-6-7-8-15-9-11-16(12-10-15)77-13-75-71-63-55-45-35-27-19-17-18-21-25-23(19)31-39-33(25)43-37-29(21)30-22(18)26-24-20(17)28(27)36-42-32(24)40-34(26)44-38(30)48-47(37)57-51(43)61-53(39)59(49(55)41(31)35)67(71)69(61)73-65(57)66-58(48)52(44)62-54(40)60-50(42)56(46(36)45)64(63)72(75)68(60)70(62)74(66)76(73,75)14-77/h9-12H,2-8,13-14H2,1H3. The van der Waals surface area contributed by atoms with Crippen LogP contribution in [0.25, 0.3) is 291 Å². The summed E-state index contributed by atoms with van der Waals surface area (Å²) in [7, 11) is 0. The predicted octanol–water partition coefficient (Wildman–Crippen LogP) is 20.7. The molecule has 1 heteroatoms. The van der Waals surface area contributed by atoms with Crippen LogP contribution in [0, 0.1) is 0 Å². The van der Waals surface area contributed by atoms with Gasteiger partial charge in [0.25, 0.3) is 0 Å². The summed E-state index contributed by atoms with van der Waals surface area (Å²) in [5.74, 6) is 0. The van der Waals surface area contributed by atoms with Gasteiger partial charge in [0, 0.05) is 18.8 Å². The molecule has 0 bridgehead atoms. The summed E-state index contributed by atoms with van der Waals surface area (Å²) in [4.78, 5) is 3.01. The summed E-state index contributed by atoms with van der Waals surface area (Å²) in [6.07, 6.45) is 9.31. The second kappa shape index (κ2) is 7.49. The van der Waals surface area contributed by atoms with Gasteiger partial charge in [-0.2, -0.15) is 0 Å². The van der Waals surface area contributed by atoms with Gasteiger partial charge < -0.3 is 4.90 Å². The summed E-state index contributed by atoms with van der Waals surface area (Å²) >= 11 is 0. The first-order valence-corrected chi connectivity index (χ1v) is 29.9. The molecule has 0 aromatic heterocycles. The van der Waals surface area contributed by atoms with Crippen LogP contribution in [0.2, 0.25) is 0 Å². The molecule has 1 fully saturated rings. The molecule has 1 heterocycles. The predicted molar refractivity (Wildman–Crippen MR) is 330 cm³/mol. The molecule has 334 valence electrons. The first-order chi connectivity index (χ1) is 38.3. The van der Waals surface area contributed by atoms with Gasteiger partial charge in [-0.25, -0.2) is 0 Å². The first-order valence-electron chi connectivity index (χ1n) is 29.9. The van der Waals surface area contributed by atoms with Crippen LogP contribution in [0.15, 0.2) is 24.3 Å². The zero-order valence-electron chi connectivity index (χ0n) is 41.1. The molecule has 0 atom stereocenters. The van der Waals surface area contributed by atoms with E-state index in [9.17, 15) is 0 Å². The van der Waals surface area contributed by atoms with E-state index < -0.39 is 0 Å². The van der Waals surface area contributed by atoms with Crippen LogP contribution in [-0.4, -0.2) is 13.1 Å². The van der Waals surface area contributed by atoms with Crippen molar-refractivity contribution in [1.29, 1.82) is 0 Å². The highest BCUT2D eigenvalue weighted by Gasteiger charge is 2.73. The summed E-state index contributed by atoms with van der Waals surface area (Å²) < 4.78 is 0. The molecular weight excluding hydrogens is 927 g/mol. The molecule has 1 nitrogen and oxygen atoms in total. The highest BCUT2D eigenvalue weighted by atomic mass is 15.2. The molecule has 34 rings (SSSR count). The Kier molecular flexibility index (Phi) is 3.01. The normalized spacial score (nSPS) is 21.6. The van der Waals surface area contributed by atoms with Crippen molar-refractivity contribution < 1.29 is 0 Å². The fourth-order valence-corrected chi connectivity index (χ4v) is 26.9. The summed E-state index contributed by atoms with van der Waals surface area (Å²) in [6, 6.07) is 10.3. The third kappa shape index (κ3) is 1.84.